The molecule has 0 aromatic heterocycles. The van der Waals surface area contributed by atoms with E-state index >= 15 is 0 Å². The lowest BCUT2D eigenvalue weighted by Gasteiger charge is -1.78. The van der Waals surface area contributed by atoms with Gasteiger partial charge in [-0.05, 0) is 0 Å². The van der Waals surface area contributed by atoms with Crippen molar-refractivity contribution in [1.82, 2.24) is 0 Å². The molecule has 0 saturated carbocycles. The lowest BCUT2D eigenvalue weighted by molar-refractivity contribution is -0.118. The van der Waals surface area contributed by atoms with Gasteiger partial charge in [0.2, 0.25) is 5.91 Å². The monoisotopic (exact) mass is 83.0 g/mol. The van der Waals surface area contributed by atoms with Crippen molar-refractivity contribution in [2.24, 2.45) is 11.7 Å². The first-order chi connectivity index (χ1) is 2.80. The molecular weight excluding hydrogens is 78.0 g/mol. The molecule has 0 aliphatic heterocycles. The van der Waals surface area contributed by atoms with Crippen molar-refractivity contribution in [2.45, 2.75) is 0 Å². The minimum Gasteiger partial charge on any atom is -0.369 e. The van der Waals surface area contributed by atoms with Crippen LogP contribution >= 0.6 is 0 Å². The maximum absolute atomic E-state index is 9.92. The van der Waals surface area contributed by atoms with E-state index in [-0.39, 0.29) is 11.8 Å². The fraction of sp³-hybridized carbons (Fsp3) is 0.250. The zero-order valence-corrected chi connectivity index (χ0v) is 3.22. The van der Waals surface area contributed by atoms with E-state index in [0.717, 1.165) is 0 Å². The van der Waals surface area contributed by atoms with E-state index in [4.69, 9.17) is 5.73 Å². The van der Waals surface area contributed by atoms with Gasteiger partial charge in [0.05, 0.1) is 5.92 Å². The average molecular weight is 83.1 g/mol. The Kier molecular flexibility index (Phi) is 0.473. The van der Waals surface area contributed by atoms with Crippen LogP contribution in [-0.4, -0.2) is 5.91 Å². The Bertz CT molecular complexity index is 100. The number of carbonyl (C=O) groups excluding carboxylic acids is 1. The van der Waals surface area contributed by atoms with Crippen LogP contribution < -0.4 is 5.73 Å². The third-order valence-corrected chi connectivity index (χ3v) is 0.713. The normalized spacial score (nSPS) is 18.0. The first kappa shape index (κ1) is 3.40. The van der Waals surface area contributed by atoms with Crippen molar-refractivity contribution < 1.29 is 4.79 Å². The number of nitrogens with two attached hydrogens (primary N) is 1. The van der Waals surface area contributed by atoms with Gasteiger partial charge in [0.15, 0.2) is 0 Å². The number of rotatable bonds is 1. The van der Waals surface area contributed by atoms with Crippen LogP contribution in [0, 0.1) is 5.92 Å². The molecule has 32 valence electrons. The molecule has 0 aromatic rings. The molecule has 2 heteroatoms. The molecule has 0 atom stereocenters. The van der Waals surface area contributed by atoms with Gasteiger partial charge in [0.25, 0.3) is 0 Å². The molecule has 2 N–H and O–H groups in total. The maximum Gasteiger partial charge on any atom is 0.228 e. The minimum absolute atomic E-state index is 0.00926. The summed E-state index contributed by atoms with van der Waals surface area (Å²) in [6, 6.07) is 0. The first-order valence-corrected chi connectivity index (χ1v) is 1.78. The van der Waals surface area contributed by atoms with E-state index in [9.17, 15) is 4.79 Å². The predicted molar refractivity (Wildman–Crippen MR) is 21.8 cm³/mol. The van der Waals surface area contributed by atoms with Gasteiger partial charge in [0, 0.05) is 0 Å². The quantitative estimate of drug-likeness (QED) is 0.433. The standard InChI is InChI=1S/C4H5NO/c5-4(6)3-1-2-3/h1-3H,(H2,5,6). The summed E-state index contributed by atoms with van der Waals surface area (Å²) < 4.78 is 0. The molecule has 0 bridgehead atoms. The van der Waals surface area contributed by atoms with Gasteiger partial charge in [-0.1, -0.05) is 12.2 Å². The lowest BCUT2D eigenvalue weighted by atomic mass is 10.4. The Balaban J connectivity index is 2.35. The molecule has 0 fully saturated rings. The number of carbonyl (C=O) groups is 1. The summed E-state index contributed by atoms with van der Waals surface area (Å²) in [4.78, 5) is 9.92. The summed E-state index contributed by atoms with van der Waals surface area (Å²) >= 11 is 0. The number of primary amides is 1. The van der Waals surface area contributed by atoms with Crippen LogP contribution in [0.5, 0.6) is 0 Å². The number of hydrogen-bond donors (Lipinski definition) is 1. The molecule has 2 nitrogen and oxygen atoms in total. The fourth-order valence-corrected chi connectivity index (χ4v) is 0.245. The Morgan fingerprint density at radius 1 is 1.67 bits per heavy atom. The van der Waals surface area contributed by atoms with Crippen LogP contribution in [0.2, 0.25) is 0 Å². The molecule has 0 aromatic carbocycles. The van der Waals surface area contributed by atoms with Crippen LogP contribution in [0.4, 0.5) is 0 Å². The first-order valence-electron chi connectivity index (χ1n) is 1.78. The zero-order chi connectivity index (χ0) is 4.57. The second-order valence-corrected chi connectivity index (χ2v) is 1.31. The van der Waals surface area contributed by atoms with Crippen molar-refractivity contribution in [3.8, 4) is 0 Å². The fourth-order valence-electron chi connectivity index (χ4n) is 0.245. The van der Waals surface area contributed by atoms with Crippen molar-refractivity contribution >= 4 is 5.91 Å². The van der Waals surface area contributed by atoms with Crippen molar-refractivity contribution in [1.29, 1.82) is 0 Å². The summed E-state index contributed by atoms with van der Waals surface area (Å²) in [6.45, 7) is 0. The maximum atomic E-state index is 9.92. The van der Waals surface area contributed by atoms with Crippen LogP contribution in [0.15, 0.2) is 12.2 Å². The van der Waals surface area contributed by atoms with Gasteiger partial charge in [-0.25, -0.2) is 0 Å². The van der Waals surface area contributed by atoms with E-state index in [1.165, 1.54) is 0 Å². The molecule has 0 heterocycles. The molecule has 1 aliphatic carbocycles. The molecule has 0 spiro atoms. The molecular formula is C4H5NO. The molecule has 1 rings (SSSR count). The minimum atomic E-state index is -0.241. The topological polar surface area (TPSA) is 43.1 Å². The highest BCUT2D eigenvalue weighted by Gasteiger charge is 2.15. The zero-order valence-electron chi connectivity index (χ0n) is 3.22. The number of amides is 1. The Morgan fingerprint density at radius 2 is 2.17 bits per heavy atom. The average Bonchev–Trinajstić information content (AvgIpc) is 2.06. The van der Waals surface area contributed by atoms with Gasteiger partial charge in [-0.15, -0.1) is 0 Å². The van der Waals surface area contributed by atoms with Crippen molar-refractivity contribution in [3.05, 3.63) is 12.2 Å². The molecule has 0 unspecified atom stereocenters. The smallest absolute Gasteiger partial charge is 0.228 e. The second-order valence-electron chi connectivity index (χ2n) is 1.31. The van der Waals surface area contributed by atoms with Gasteiger partial charge in [0.1, 0.15) is 0 Å². The third-order valence-electron chi connectivity index (χ3n) is 0.713. The molecule has 1 amide bonds. The number of hydrogen-bond acceptors (Lipinski definition) is 1. The van der Waals surface area contributed by atoms with E-state index in [1.807, 2.05) is 0 Å². The van der Waals surface area contributed by atoms with Gasteiger partial charge >= 0.3 is 0 Å². The molecule has 6 heavy (non-hydrogen) atoms. The molecule has 1 aliphatic rings. The second kappa shape index (κ2) is 0.834. The van der Waals surface area contributed by atoms with E-state index in [2.05, 4.69) is 0 Å². The Hall–Kier alpha value is -0.790. The Morgan fingerprint density at radius 3 is 2.17 bits per heavy atom. The van der Waals surface area contributed by atoms with Gasteiger partial charge in [-0.3, -0.25) is 4.79 Å². The largest absolute Gasteiger partial charge is 0.369 e. The summed E-state index contributed by atoms with van der Waals surface area (Å²) in [5, 5.41) is 0. The summed E-state index contributed by atoms with van der Waals surface area (Å²) in [5.41, 5.74) is 4.80. The highest BCUT2D eigenvalue weighted by Crippen LogP contribution is 2.12. The third kappa shape index (κ3) is 0.407. The highest BCUT2D eigenvalue weighted by molar-refractivity contribution is 5.84. The summed E-state index contributed by atoms with van der Waals surface area (Å²) in [5.74, 6) is -0.250. The van der Waals surface area contributed by atoms with E-state index in [0.29, 0.717) is 0 Å². The van der Waals surface area contributed by atoms with Crippen molar-refractivity contribution in [2.75, 3.05) is 0 Å². The van der Waals surface area contributed by atoms with Crippen LogP contribution in [0.3, 0.4) is 0 Å². The SMILES string of the molecule is NC(=O)C1C=C1. The van der Waals surface area contributed by atoms with Crippen molar-refractivity contribution in [3.63, 3.8) is 0 Å². The predicted octanol–water partition coefficient (Wildman–Crippen LogP) is -0.342. The van der Waals surface area contributed by atoms with Crippen LogP contribution in [-0.2, 0) is 4.79 Å². The van der Waals surface area contributed by atoms with Gasteiger partial charge < -0.3 is 5.73 Å². The molecule has 0 saturated heterocycles. The Labute approximate surface area is 35.6 Å². The lowest BCUT2D eigenvalue weighted by Crippen LogP contribution is -2.12. The summed E-state index contributed by atoms with van der Waals surface area (Å²) in [7, 11) is 0. The van der Waals surface area contributed by atoms with E-state index < -0.39 is 0 Å². The van der Waals surface area contributed by atoms with E-state index in [1.54, 1.807) is 12.2 Å². The van der Waals surface area contributed by atoms with Crippen LogP contribution in [0.25, 0.3) is 0 Å². The van der Waals surface area contributed by atoms with Crippen LogP contribution in [0.1, 0.15) is 0 Å². The highest BCUT2D eigenvalue weighted by atomic mass is 16.1. The summed E-state index contributed by atoms with van der Waals surface area (Å²) in [6.07, 6.45) is 3.53. The van der Waals surface area contributed by atoms with Gasteiger partial charge in [-0.2, -0.15) is 0 Å². The molecule has 0 radical (unpaired) electrons.